The number of aryl methyl sites for hydroxylation is 3. The van der Waals surface area contributed by atoms with E-state index in [2.05, 4.69) is 15.3 Å². The molecule has 0 atom stereocenters. The molecule has 0 aliphatic rings. The van der Waals surface area contributed by atoms with Crippen LogP contribution in [-0.4, -0.2) is 35.1 Å². The maximum Gasteiger partial charge on any atom is 0.344 e. The second-order valence-electron chi connectivity index (χ2n) is 7.29. The topological polar surface area (TPSA) is 104 Å². The third-order valence-electron chi connectivity index (χ3n) is 4.90. The van der Waals surface area contributed by atoms with Crippen LogP contribution >= 0.6 is 11.6 Å². The lowest BCUT2D eigenvalue weighted by Crippen LogP contribution is -2.15. The van der Waals surface area contributed by atoms with E-state index in [0.29, 0.717) is 23.1 Å². The summed E-state index contributed by atoms with van der Waals surface area (Å²) < 4.78 is 16.1. The molecular formula is C24H26ClN3O5. The highest BCUT2D eigenvalue weighted by molar-refractivity contribution is 6.30. The molecule has 0 bridgehead atoms. The van der Waals surface area contributed by atoms with Gasteiger partial charge in [0, 0.05) is 22.7 Å². The third kappa shape index (κ3) is 5.51. The van der Waals surface area contributed by atoms with Crippen LogP contribution < -0.4 is 5.32 Å². The number of nitrogens with one attached hydrogen (secondary N) is 1. The minimum atomic E-state index is -0.693. The number of nitrogens with zero attached hydrogens (tertiary/aromatic N) is 2. The molecule has 2 heterocycles. The molecule has 0 fully saturated rings. The van der Waals surface area contributed by atoms with Crippen molar-refractivity contribution in [2.75, 3.05) is 18.5 Å². The number of rotatable bonds is 8. The second kappa shape index (κ2) is 10.5. The number of carbonyl (C=O) groups is 2. The van der Waals surface area contributed by atoms with Crippen molar-refractivity contribution in [1.29, 1.82) is 0 Å². The van der Waals surface area contributed by atoms with Gasteiger partial charge in [-0.15, -0.1) is 0 Å². The first-order chi connectivity index (χ1) is 15.7. The Labute approximate surface area is 197 Å². The highest BCUT2D eigenvalue weighted by Gasteiger charge is 2.31. The van der Waals surface area contributed by atoms with Gasteiger partial charge in [0.2, 0.25) is 5.88 Å². The lowest BCUT2D eigenvalue weighted by molar-refractivity contribution is 0.0480. The molecule has 0 spiro atoms. The standard InChI is InChI=1S/C24H26ClN3O5/c1-6-31-23(29)19-14(4)33-22(20(19)24(30)32-7-2)28-21-18(13(3)26-15(5)27-21)12-16-8-10-17(25)11-9-16/h8-11H,6-7,12H2,1-5H3,(H,26,27,28). The smallest absolute Gasteiger partial charge is 0.344 e. The van der Waals surface area contributed by atoms with Gasteiger partial charge in [-0.3, -0.25) is 0 Å². The van der Waals surface area contributed by atoms with Crippen LogP contribution in [0.5, 0.6) is 0 Å². The van der Waals surface area contributed by atoms with Crippen LogP contribution in [0.25, 0.3) is 0 Å². The molecule has 9 heteroatoms. The van der Waals surface area contributed by atoms with Crippen LogP contribution in [0.15, 0.2) is 28.7 Å². The number of halogens is 1. The predicted molar refractivity (Wildman–Crippen MR) is 124 cm³/mol. The zero-order valence-electron chi connectivity index (χ0n) is 19.2. The van der Waals surface area contributed by atoms with Gasteiger partial charge in [0.1, 0.15) is 28.5 Å². The first-order valence-electron chi connectivity index (χ1n) is 10.6. The third-order valence-corrected chi connectivity index (χ3v) is 5.15. The Kier molecular flexibility index (Phi) is 7.71. The van der Waals surface area contributed by atoms with Crippen LogP contribution in [0.4, 0.5) is 11.7 Å². The number of benzene rings is 1. The molecule has 33 heavy (non-hydrogen) atoms. The summed E-state index contributed by atoms with van der Waals surface area (Å²) in [5, 5.41) is 3.74. The Morgan fingerprint density at radius 2 is 1.58 bits per heavy atom. The van der Waals surface area contributed by atoms with E-state index in [0.717, 1.165) is 16.8 Å². The summed E-state index contributed by atoms with van der Waals surface area (Å²) >= 11 is 6.01. The minimum Gasteiger partial charge on any atom is -0.462 e. The van der Waals surface area contributed by atoms with Crippen LogP contribution in [0.3, 0.4) is 0 Å². The second-order valence-corrected chi connectivity index (χ2v) is 7.73. The highest BCUT2D eigenvalue weighted by Crippen LogP contribution is 2.33. The van der Waals surface area contributed by atoms with Crippen LogP contribution in [0, 0.1) is 20.8 Å². The molecule has 3 aromatic rings. The molecular weight excluding hydrogens is 446 g/mol. The van der Waals surface area contributed by atoms with E-state index in [9.17, 15) is 9.59 Å². The summed E-state index contributed by atoms with van der Waals surface area (Å²) in [5.41, 5.74) is 2.58. The number of hydrogen-bond acceptors (Lipinski definition) is 8. The van der Waals surface area contributed by atoms with Crippen molar-refractivity contribution in [3.63, 3.8) is 0 Å². The summed E-state index contributed by atoms with van der Waals surface area (Å²) in [6.45, 7) is 8.91. The highest BCUT2D eigenvalue weighted by atomic mass is 35.5. The number of furan rings is 1. The number of carbonyl (C=O) groups excluding carboxylic acids is 2. The molecule has 8 nitrogen and oxygen atoms in total. The van der Waals surface area contributed by atoms with Crippen LogP contribution in [-0.2, 0) is 15.9 Å². The molecule has 0 amide bonds. The van der Waals surface area contributed by atoms with Gasteiger partial charge in [0.05, 0.1) is 13.2 Å². The van der Waals surface area contributed by atoms with Gasteiger partial charge in [-0.1, -0.05) is 23.7 Å². The molecule has 0 aliphatic heterocycles. The van der Waals surface area contributed by atoms with Gasteiger partial charge in [-0.25, -0.2) is 19.6 Å². The maximum atomic E-state index is 12.8. The summed E-state index contributed by atoms with van der Waals surface area (Å²) in [5.74, 6) is -0.0522. The summed E-state index contributed by atoms with van der Waals surface area (Å²) in [6, 6.07) is 7.47. The van der Waals surface area contributed by atoms with Crippen molar-refractivity contribution in [3.8, 4) is 0 Å². The van der Waals surface area contributed by atoms with Gasteiger partial charge < -0.3 is 19.2 Å². The van der Waals surface area contributed by atoms with Crippen LogP contribution in [0.2, 0.25) is 5.02 Å². The molecule has 174 valence electrons. The fourth-order valence-electron chi connectivity index (χ4n) is 3.44. The van der Waals surface area contributed by atoms with Crippen molar-refractivity contribution in [3.05, 3.63) is 68.8 Å². The Hall–Kier alpha value is -3.39. The van der Waals surface area contributed by atoms with Crippen molar-refractivity contribution >= 4 is 35.2 Å². The largest absolute Gasteiger partial charge is 0.462 e. The average Bonchev–Trinajstić information content (AvgIpc) is 3.08. The summed E-state index contributed by atoms with van der Waals surface area (Å²) in [7, 11) is 0. The van der Waals surface area contributed by atoms with E-state index < -0.39 is 11.9 Å². The van der Waals surface area contributed by atoms with Gasteiger partial charge in [-0.05, 0) is 52.3 Å². The van der Waals surface area contributed by atoms with Gasteiger partial charge in [0.25, 0.3) is 0 Å². The van der Waals surface area contributed by atoms with Gasteiger partial charge in [0.15, 0.2) is 0 Å². The SMILES string of the molecule is CCOC(=O)c1c(C)oc(Nc2nc(C)nc(C)c2Cc2ccc(Cl)cc2)c1C(=O)OCC. The number of aromatic nitrogens is 2. The Morgan fingerprint density at radius 1 is 0.970 bits per heavy atom. The summed E-state index contributed by atoms with van der Waals surface area (Å²) in [6.07, 6.45) is 0.519. The zero-order valence-corrected chi connectivity index (χ0v) is 20.0. The first-order valence-corrected chi connectivity index (χ1v) is 11.0. The molecule has 1 N–H and O–H groups in total. The fraction of sp³-hybridized carbons (Fsp3) is 0.333. The Balaban J connectivity index is 2.08. The zero-order chi connectivity index (χ0) is 24.1. The molecule has 0 radical (unpaired) electrons. The lowest BCUT2D eigenvalue weighted by atomic mass is 10.0. The molecule has 0 unspecified atom stereocenters. The van der Waals surface area contributed by atoms with Crippen molar-refractivity contribution in [1.82, 2.24) is 9.97 Å². The number of hydrogen-bond donors (Lipinski definition) is 1. The number of anilines is 2. The van der Waals surface area contributed by atoms with Gasteiger partial charge in [-0.2, -0.15) is 0 Å². The lowest BCUT2D eigenvalue weighted by Gasteiger charge is -2.14. The van der Waals surface area contributed by atoms with Crippen molar-refractivity contribution < 1.29 is 23.5 Å². The average molecular weight is 472 g/mol. The van der Waals surface area contributed by atoms with E-state index in [1.165, 1.54) is 0 Å². The number of ether oxygens (including phenoxy) is 2. The molecule has 2 aromatic heterocycles. The Bertz CT molecular complexity index is 1170. The van der Waals surface area contributed by atoms with Crippen molar-refractivity contribution in [2.24, 2.45) is 0 Å². The van der Waals surface area contributed by atoms with E-state index in [1.807, 2.05) is 31.2 Å². The molecule has 0 saturated carbocycles. The predicted octanol–water partition coefficient (Wildman–Crippen LogP) is 5.34. The quantitative estimate of drug-likeness (QED) is 0.439. The Morgan fingerprint density at radius 3 is 2.18 bits per heavy atom. The normalized spacial score (nSPS) is 10.7. The van der Waals surface area contributed by atoms with E-state index >= 15 is 0 Å². The van der Waals surface area contributed by atoms with E-state index in [-0.39, 0.29) is 36.0 Å². The van der Waals surface area contributed by atoms with E-state index in [4.69, 9.17) is 25.5 Å². The van der Waals surface area contributed by atoms with Crippen LogP contribution in [0.1, 0.15) is 63.0 Å². The number of esters is 2. The summed E-state index contributed by atoms with van der Waals surface area (Å²) in [4.78, 5) is 34.3. The molecule has 0 saturated heterocycles. The molecule has 0 aliphatic carbocycles. The molecule has 1 aromatic carbocycles. The van der Waals surface area contributed by atoms with E-state index in [1.54, 1.807) is 27.7 Å². The minimum absolute atomic E-state index is 0.0274. The fourth-order valence-corrected chi connectivity index (χ4v) is 3.57. The molecule has 3 rings (SSSR count). The maximum absolute atomic E-state index is 12.8. The monoisotopic (exact) mass is 471 g/mol. The van der Waals surface area contributed by atoms with Crippen molar-refractivity contribution in [2.45, 2.75) is 41.0 Å². The van der Waals surface area contributed by atoms with Gasteiger partial charge >= 0.3 is 11.9 Å². The first kappa shape index (κ1) is 24.3.